The number of hydrogen-bond donors (Lipinski definition) is 0. The van der Waals surface area contributed by atoms with E-state index in [-0.39, 0.29) is 12.0 Å². The largest absolute Gasteiger partial charge is 0.337 e. The smallest absolute Gasteiger partial charge is 0.0949 e. The molecule has 9 heteroatoms. The molecule has 0 aliphatic carbocycles. The minimum atomic E-state index is -0.501. The van der Waals surface area contributed by atoms with E-state index in [0.717, 1.165) is 11.1 Å². The summed E-state index contributed by atoms with van der Waals surface area (Å²) < 4.78 is 3.97. The van der Waals surface area contributed by atoms with Crippen LogP contribution in [0.15, 0.2) is 73.8 Å². The van der Waals surface area contributed by atoms with E-state index in [2.05, 4.69) is 9.97 Å². The van der Waals surface area contributed by atoms with E-state index in [9.17, 15) is 0 Å². The second kappa shape index (κ2) is 9.85. The summed E-state index contributed by atoms with van der Waals surface area (Å²) in [6.07, 6.45) is 10.8. The van der Waals surface area contributed by atoms with Crippen LogP contribution in [0.2, 0.25) is 20.1 Å². The van der Waals surface area contributed by atoms with Crippen LogP contribution in [0.4, 0.5) is 0 Å². The Morgan fingerprint density at radius 2 is 1.39 bits per heavy atom. The van der Waals surface area contributed by atoms with Gasteiger partial charge >= 0.3 is 0 Å². The molecule has 31 heavy (non-hydrogen) atoms. The molecule has 3 atom stereocenters. The third-order valence-corrected chi connectivity index (χ3v) is 6.79. The maximum atomic E-state index is 7.12. The average molecular weight is 515 g/mol. The van der Waals surface area contributed by atoms with E-state index in [4.69, 9.17) is 58.0 Å². The molecule has 0 fully saturated rings. The van der Waals surface area contributed by atoms with Crippen molar-refractivity contribution < 1.29 is 0 Å². The van der Waals surface area contributed by atoms with Crippen LogP contribution in [0.3, 0.4) is 0 Å². The van der Waals surface area contributed by atoms with Crippen LogP contribution in [0.1, 0.15) is 28.5 Å². The molecule has 0 aliphatic rings. The summed E-state index contributed by atoms with van der Waals surface area (Å²) in [5, 5.41) is 1.68. The highest BCUT2D eigenvalue weighted by Gasteiger charge is 2.34. The number of halogens is 5. The summed E-state index contributed by atoms with van der Waals surface area (Å²) in [7, 11) is 0. The van der Waals surface area contributed by atoms with E-state index < -0.39 is 5.38 Å². The zero-order valence-corrected chi connectivity index (χ0v) is 19.8. The lowest BCUT2D eigenvalue weighted by atomic mass is 9.86. The van der Waals surface area contributed by atoms with Gasteiger partial charge in [-0.2, -0.15) is 0 Å². The van der Waals surface area contributed by atoms with Crippen LogP contribution in [0, 0.1) is 0 Å². The fraction of sp³-hybridized carbons (Fsp3) is 0.182. The summed E-state index contributed by atoms with van der Waals surface area (Å²) in [5.41, 5.74) is 1.68. The van der Waals surface area contributed by atoms with E-state index in [1.165, 1.54) is 0 Å². The maximum Gasteiger partial charge on any atom is 0.0949 e. The van der Waals surface area contributed by atoms with E-state index in [1.807, 2.05) is 39.7 Å². The Kier molecular flexibility index (Phi) is 7.15. The van der Waals surface area contributed by atoms with Gasteiger partial charge in [0, 0.05) is 57.3 Å². The van der Waals surface area contributed by atoms with Crippen molar-refractivity contribution in [2.75, 3.05) is 0 Å². The van der Waals surface area contributed by atoms with Gasteiger partial charge in [-0.25, -0.2) is 9.97 Å². The van der Waals surface area contributed by atoms with Crippen LogP contribution < -0.4 is 0 Å². The van der Waals surface area contributed by atoms with Crippen molar-refractivity contribution in [1.29, 1.82) is 0 Å². The van der Waals surface area contributed by atoms with Crippen molar-refractivity contribution in [3.63, 3.8) is 0 Å². The minimum Gasteiger partial charge on any atom is -0.337 e. The average Bonchev–Trinajstić information content (AvgIpc) is 3.42. The van der Waals surface area contributed by atoms with Crippen molar-refractivity contribution in [2.45, 2.75) is 23.9 Å². The van der Waals surface area contributed by atoms with E-state index >= 15 is 0 Å². The van der Waals surface area contributed by atoms with Crippen LogP contribution >= 0.6 is 58.0 Å². The van der Waals surface area contributed by atoms with E-state index in [1.54, 1.807) is 43.2 Å². The van der Waals surface area contributed by atoms with Crippen LogP contribution in [-0.4, -0.2) is 19.1 Å². The summed E-state index contributed by atoms with van der Waals surface area (Å²) >= 11 is 32.6. The van der Waals surface area contributed by atoms with Gasteiger partial charge in [0.15, 0.2) is 0 Å². The molecule has 4 rings (SSSR count). The number of hydrogen-bond acceptors (Lipinski definition) is 2. The molecule has 0 spiro atoms. The van der Waals surface area contributed by atoms with Gasteiger partial charge in [0.25, 0.3) is 0 Å². The van der Waals surface area contributed by atoms with Crippen molar-refractivity contribution >= 4 is 58.0 Å². The van der Waals surface area contributed by atoms with Gasteiger partial charge in [-0.1, -0.05) is 58.5 Å². The number of alkyl halides is 1. The van der Waals surface area contributed by atoms with Crippen molar-refractivity contribution in [3.05, 3.63) is 105 Å². The third kappa shape index (κ3) is 5.05. The Bertz CT molecular complexity index is 1140. The summed E-state index contributed by atoms with van der Waals surface area (Å²) in [4.78, 5) is 8.42. The number of benzene rings is 2. The normalized spacial score (nSPS) is 14.4. The Morgan fingerprint density at radius 1 is 0.774 bits per heavy atom. The molecule has 2 heterocycles. The molecule has 0 aliphatic heterocycles. The van der Waals surface area contributed by atoms with Gasteiger partial charge in [0.1, 0.15) is 0 Å². The SMILES string of the molecule is Clc1ccc(C(Cl)C(C(Cn2ccnc2)c2ccc(Cl)cc2Cl)n2ccnc2)c(Cl)c1. The van der Waals surface area contributed by atoms with Crippen LogP contribution in [0.25, 0.3) is 0 Å². The molecule has 0 N–H and O–H groups in total. The van der Waals surface area contributed by atoms with Crippen molar-refractivity contribution in [1.82, 2.24) is 19.1 Å². The molecule has 160 valence electrons. The Morgan fingerprint density at radius 3 is 1.94 bits per heavy atom. The van der Waals surface area contributed by atoms with Crippen LogP contribution in [-0.2, 0) is 6.54 Å². The molecular weight excluding hydrogens is 498 g/mol. The first-order valence-electron chi connectivity index (χ1n) is 9.41. The predicted molar refractivity (Wildman–Crippen MR) is 128 cm³/mol. The fourth-order valence-electron chi connectivity index (χ4n) is 3.73. The number of imidazole rings is 2. The highest BCUT2D eigenvalue weighted by atomic mass is 35.5. The second-order valence-corrected chi connectivity index (χ2v) is 9.26. The Hall–Kier alpha value is -1.69. The maximum absolute atomic E-state index is 7.12. The van der Waals surface area contributed by atoms with Gasteiger partial charge in [-0.3, -0.25) is 0 Å². The molecular formula is C22H17Cl5N4. The standard InChI is InChI=1S/C22H17Cl5N4/c23-14-1-3-16(19(25)9-14)18(11-30-7-5-28-12-30)22(31-8-6-29-13-31)21(27)17-4-2-15(24)10-20(17)26/h1-10,12-13,18,21-22H,11H2. The quantitative estimate of drug-likeness (QED) is 0.237. The topological polar surface area (TPSA) is 35.6 Å². The van der Waals surface area contributed by atoms with Gasteiger partial charge in [-0.05, 0) is 35.4 Å². The number of rotatable bonds is 7. The molecule has 3 unspecified atom stereocenters. The second-order valence-electron chi connectivity index (χ2n) is 7.10. The first-order chi connectivity index (χ1) is 14.9. The van der Waals surface area contributed by atoms with Crippen molar-refractivity contribution in [2.24, 2.45) is 0 Å². The third-order valence-electron chi connectivity index (χ3n) is 5.17. The molecule has 4 aromatic rings. The first kappa shape index (κ1) is 22.5. The molecule has 0 radical (unpaired) electrons. The first-order valence-corrected chi connectivity index (χ1v) is 11.4. The van der Waals surface area contributed by atoms with Gasteiger partial charge in [-0.15, -0.1) is 11.6 Å². The molecule has 4 nitrogen and oxygen atoms in total. The molecule has 0 saturated heterocycles. The molecule has 0 amide bonds. The molecule has 2 aromatic heterocycles. The molecule has 2 aromatic carbocycles. The van der Waals surface area contributed by atoms with Crippen molar-refractivity contribution in [3.8, 4) is 0 Å². The van der Waals surface area contributed by atoms with E-state index in [0.29, 0.717) is 26.6 Å². The lowest BCUT2D eigenvalue weighted by Crippen LogP contribution is -2.25. The minimum absolute atomic E-state index is 0.151. The van der Waals surface area contributed by atoms with Crippen LogP contribution in [0.5, 0.6) is 0 Å². The van der Waals surface area contributed by atoms with Gasteiger partial charge < -0.3 is 9.13 Å². The Labute approximate surface area is 205 Å². The summed E-state index contributed by atoms with van der Waals surface area (Å²) in [5.74, 6) is -0.151. The van der Waals surface area contributed by atoms with Gasteiger partial charge in [0.05, 0.1) is 24.1 Å². The summed E-state index contributed by atoms with van der Waals surface area (Å²) in [6.45, 7) is 0.582. The molecule has 0 saturated carbocycles. The zero-order chi connectivity index (χ0) is 22.0. The zero-order valence-electron chi connectivity index (χ0n) is 16.0. The Balaban J connectivity index is 1.85. The number of aromatic nitrogens is 4. The van der Waals surface area contributed by atoms with Gasteiger partial charge in [0.2, 0.25) is 0 Å². The lowest BCUT2D eigenvalue weighted by Gasteiger charge is -2.33. The predicted octanol–water partition coefficient (Wildman–Crippen LogP) is 7.70. The number of nitrogens with zero attached hydrogens (tertiary/aromatic N) is 4. The lowest BCUT2D eigenvalue weighted by molar-refractivity contribution is 0.361. The fourth-order valence-corrected chi connectivity index (χ4v) is 5.36. The summed E-state index contributed by atoms with van der Waals surface area (Å²) in [6, 6.07) is 10.6. The highest BCUT2D eigenvalue weighted by Crippen LogP contribution is 2.47. The highest BCUT2D eigenvalue weighted by molar-refractivity contribution is 6.36. The monoisotopic (exact) mass is 512 g/mol. The molecule has 0 bridgehead atoms.